The van der Waals surface area contributed by atoms with Crippen molar-refractivity contribution < 1.29 is 4.74 Å². The molecule has 3 rings (SSSR count). The van der Waals surface area contributed by atoms with Crippen molar-refractivity contribution in [1.29, 1.82) is 0 Å². The van der Waals surface area contributed by atoms with Crippen molar-refractivity contribution in [3.05, 3.63) is 40.9 Å². The summed E-state index contributed by atoms with van der Waals surface area (Å²) >= 11 is 6.10. The van der Waals surface area contributed by atoms with Crippen LogP contribution in [-0.2, 0) is 4.74 Å². The van der Waals surface area contributed by atoms with Gasteiger partial charge in [-0.2, -0.15) is 0 Å². The standard InChI is InChI=1S/C19H27ClN4O/c1-21-19(22-9-5-15-7-11-25-12-8-15)23-17-6-10-24(14-17)18-4-2-3-16(20)13-18/h2-4,7,13,17H,5-6,8-12,14H2,1H3,(H2,21,22,23). The molecule has 0 aliphatic carbocycles. The molecule has 0 saturated carbocycles. The van der Waals surface area contributed by atoms with Crippen molar-refractivity contribution in [3.8, 4) is 0 Å². The number of nitrogens with zero attached hydrogens (tertiary/aromatic N) is 2. The summed E-state index contributed by atoms with van der Waals surface area (Å²) in [6.07, 6.45) is 5.38. The summed E-state index contributed by atoms with van der Waals surface area (Å²) in [4.78, 5) is 6.72. The number of rotatable bonds is 5. The molecule has 1 saturated heterocycles. The molecule has 1 fully saturated rings. The minimum Gasteiger partial charge on any atom is -0.377 e. The van der Waals surface area contributed by atoms with Crippen LogP contribution in [0.25, 0.3) is 0 Å². The van der Waals surface area contributed by atoms with Gasteiger partial charge in [-0.3, -0.25) is 4.99 Å². The number of benzene rings is 1. The second kappa shape index (κ2) is 9.11. The second-order valence-electron chi connectivity index (χ2n) is 6.49. The van der Waals surface area contributed by atoms with E-state index < -0.39 is 0 Å². The summed E-state index contributed by atoms with van der Waals surface area (Å²) in [5, 5.41) is 7.75. The van der Waals surface area contributed by atoms with Gasteiger partial charge in [-0.15, -0.1) is 0 Å². The highest BCUT2D eigenvalue weighted by molar-refractivity contribution is 6.30. The lowest BCUT2D eigenvalue weighted by molar-refractivity contribution is 0.153. The van der Waals surface area contributed by atoms with Crippen molar-refractivity contribution in [1.82, 2.24) is 10.6 Å². The summed E-state index contributed by atoms with van der Waals surface area (Å²) in [6, 6.07) is 8.45. The highest BCUT2D eigenvalue weighted by atomic mass is 35.5. The minimum atomic E-state index is 0.396. The molecule has 0 spiro atoms. The first kappa shape index (κ1) is 18.1. The predicted octanol–water partition coefficient (Wildman–Crippen LogP) is 2.82. The molecule has 1 aromatic carbocycles. The maximum atomic E-state index is 6.10. The van der Waals surface area contributed by atoms with Gasteiger partial charge in [0.1, 0.15) is 0 Å². The lowest BCUT2D eigenvalue weighted by atomic mass is 10.1. The number of hydrogen-bond acceptors (Lipinski definition) is 3. The highest BCUT2D eigenvalue weighted by Crippen LogP contribution is 2.23. The summed E-state index contributed by atoms with van der Waals surface area (Å²) < 4.78 is 5.35. The fourth-order valence-corrected chi connectivity index (χ4v) is 3.49. The van der Waals surface area contributed by atoms with Crippen LogP contribution >= 0.6 is 11.6 Å². The van der Waals surface area contributed by atoms with Crippen LogP contribution in [0.3, 0.4) is 0 Å². The quantitative estimate of drug-likeness (QED) is 0.480. The van der Waals surface area contributed by atoms with Crippen molar-refractivity contribution in [2.75, 3.05) is 44.8 Å². The van der Waals surface area contributed by atoms with Crippen LogP contribution in [0.15, 0.2) is 40.9 Å². The third-order valence-corrected chi connectivity index (χ3v) is 4.96. The summed E-state index contributed by atoms with van der Waals surface area (Å²) in [7, 11) is 1.83. The summed E-state index contributed by atoms with van der Waals surface area (Å²) in [6.45, 7) is 4.49. The Hall–Kier alpha value is -1.72. The Morgan fingerprint density at radius 2 is 2.36 bits per heavy atom. The van der Waals surface area contributed by atoms with Gasteiger partial charge in [-0.05, 0) is 37.5 Å². The van der Waals surface area contributed by atoms with Gasteiger partial charge in [-0.1, -0.05) is 29.3 Å². The normalized spacial score (nSPS) is 21.2. The topological polar surface area (TPSA) is 48.9 Å². The van der Waals surface area contributed by atoms with E-state index >= 15 is 0 Å². The number of ether oxygens (including phenoxy) is 1. The van der Waals surface area contributed by atoms with E-state index in [9.17, 15) is 0 Å². The smallest absolute Gasteiger partial charge is 0.191 e. The van der Waals surface area contributed by atoms with Gasteiger partial charge < -0.3 is 20.3 Å². The fraction of sp³-hybridized carbons (Fsp3) is 0.526. The Labute approximate surface area is 155 Å². The van der Waals surface area contributed by atoms with Crippen LogP contribution < -0.4 is 15.5 Å². The lowest BCUT2D eigenvalue weighted by Gasteiger charge is -2.21. The van der Waals surface area contributed by atoms with Crippen LogP contribution in [0, 0.1) is 0 Å². The average Bonchev–Trinajstić information content (AvgIpc) is 3.10. The molecule has 2 N–H and O–H groups in total. The van der Waals surface area contributed by atoms with Crippen molar-refractivity contribution in [3.63, 3.8) is 0 Å². The first-order valence-electron chi connectivity index (χ1n) is 8.98. The number of aliphatic imine (C=N–C) groups is 1. The molecule has 25 heavy (non-hydrogen) atoms. The van der Waals surface area contributed by atoms with Crippen LogP contribution in [0.1, 0.15) is 19.3 Å². The number of guanidine groups is 1. The summed E-state index contributed by atoms with van der Waals surface area (Å²) in [5.41, 5.74) is 2.66. The van der Waals surface area contributed by atoms with E-state index in [0.29, 0.717) is 6.04 Å². The number of nitrogens with one attached hydrogen (secondary N) is 2. The molecule has 2 aliphatic heterocycles. The zero-order valence-electron chi connectivity index (χ0n) is 14.8. The molecule has 6 heteroatoms. The van der Waals surface area contributed by atoms with Crippen LogP contribution in [0.2, 0.25) is 5.02 Å². The van der Waals surface area contributed by atoms with Crippen molar-refractivity contribution in [2.24, 2.45) is 4.99 Å². The third-order valence-electron chi connectivity index (χ3n) is 4.72. The molecule has 1 atom stereocenters. The molecule has 0 amide bonds. The first-order valence-corrected chi connectivity index (χ1v) is 9.36. The number of halogens is 1. The molecule has 1 unspecified atom stereocenters. The van der Waals surface area contributed by atoms with E-state index in [2.05, 4.69) is 32.7 Å². The van der Waals surface area contributed by atoms with Gasteiger partial charge in [0.25, 0.3) is 0 Å². The largest absolute Gasteiger partial charge is 0.377 e. The molecule has 0 aromatic heterocycles. The molecule has 5 nitrogen and oxygen atoms in total. The van der Waals surface area contributed by atoms with Crippen LogP contribution in [0.5, 0.6) is 0 Å². The third kappa shape index (κ3) is 5.38. The Morgan fingerprint density at radius 3 is 3.12 bits per heavy atom. The Morgan fingerprint density at radius 1 is 1.44 bits per heavy atom. The molecule has 1 aromatic rings. The first-order chi connectivity index (χ1) is 12.2. The van der Waals surface area contributed by atoms with Gasteiger partial charge in [0, 0.05) is 43.4 Å². The van der Waals surface area contributed by atoms with Gasteiger partial charge in [0.2, 0.25) is 0 Å². The van der Waals surface area contributed by atoms with Gasteiger partial charge in [0.15, 0.2) is 5.96 Å². The molecular weight excluding hydrogens is 336 g/mol. The lowest BCUT2D eigenvalue weighted by Crippen LogP contribution is -2.45. The van der Waals surface area contributed by atoms with E-state index in [-0.39, 0.29) is 0 Å². The Balaban J connectivity index is 1.44. The maximum Gasteiger partial charge on any atom is 0.191 e. The average molecular weight is 363 g/mol. The van der Waals surface area contributed by atoms with E-state index in [0.717, 1.165) is 63.1 Å². The van der Waals surface area contributed by atoms with Gasteiger partial charge >= 0.3 is 0 Å². The maximum absolute atomic E-state index is 6.10. The number of hydrogen-bond donors (Lipinski definition) is 2. The van der Waals surface area contributed by atoms with Gasteiger partial charge in [0.05, 0.1) is 13.2 Å². The fourth-order valence-electron chi connectivity index (χ4n) is 3.31. The van der Waals surface area contributed by atoms with Crippen LogP contribution in [0.4, 0.5) is 5.69 Å². The zero-order chi connectivity index (χ0) is 17.5. The van der Waals surface area contributed by atoms with E-state index in [1.54, 1.807) is 0 Å². The SMILES string of the molecule is CN=C(NCCC1=CCOCC1)NC1CCN(c2cccc(Cl)c2)C1. The highest BCUT2D eigenvalue weighted by Gasteiger charge is 2.23. The van der Waals surface area contributed by atoms with Crippen molar-refractivity contribution in [2.45, 2.75) is 25.3 Å². The molecule has 0 radical (unpaired) electrons. The predicted molar refractivity (Wildman–Crippen MR) is 105 cm³/mol. The summed E-state index contributed by atoms with van der Waals surface area (Å²) in [5.74, 6) is 0.880. The molecule has 2 aliphatic rings. The molecule has 136 valence electrons. The van der Waals surface area contributed by atoms with Crippen molar-refractivity contribution >= 4 is 23.2 Å². The molecular formula is C19H27ClN4O. The minimum absolute atomic E-state index is 0.396. The second-order valence-corrected chi connectivity index (χ2v) is 6.93. The molecule has 0 bridgehead atoms. The Bertz CT molecular complexity index is 632. The van der Waals surface area contributed by atoms with Crippen LogP contribution in [-0.4, -0.2) is 51.9 Å². The zero-order valence-corrected chi connectivity index (χ0v) is 15.6. The Kier molecular flexibility index (Phi) is 6.59. The van der Waals surface area contributed by atoms with Gasteiger partial charge in [-0.25, -0.2) is 0 Å². The van der Waals surface area contributed by atoms with E-state index in [1.807, 2.05) is 25.2 Å². The van der Waals surface area contributed by atoms with E-state index in [1.165, 1.54) is 11.3 Å². The molecule has 2 heterocycles. The van der Waals surface area contributed by atoms with E-state index in [4.69, 9.17) is 16.3 Å². The number of anilines is 1. The monoisotopic (exact) mass is 362 g/mol.